The summed E-state index contributed by atoms with van der Waals surface area (Å²) in [6.45, 7) is 5.01. The third-order valence-electron chi connectivity index (χ3n) is 2.34. The molecule has 1 atom stereocenters. The Labute approximate surface area is 93.5 Å². The maximum absolute atomic E-state index is 5.59. The van der Waals surface area contributed by atoms with Crippen LogP contribution >= 0.6 is 0 Å². The third kappa shape index (κ3) is 2.11. The van der Waals surface area contributed by atoms with Crippen molar-refractivity contribution < 1.29 is 4.42 Å². The summed E-state index contributed by atoms with van der Waals surface area (Å²) in [5, 5.41) is 17.9. The first-order valence-corrected chi connectivity index (χ1v) is 5.41. The van der Waals surface area contributed by atoms with Crippen LogP contribution < -0.4 is 5.32 Å². The summed E-state index contributed by atoms with van der Waals surface area (Å²) in [5.74, 6) is 1.13. The number of nitrogens with zero attached hydrogens (tertiary/aromatic N) is 3. The number of aromatic nitrogens is 4. The van der Waals surface area contributed by atoms with Gasteiger partial charge in [0.1, 0.15) is 0 Å². The van der Waals surface area contributed by atoms with Gasteiger partial charge in [-0.05, 0) is 13.0 Å². The van der Waals surface area contributed by atoms with E-state index < -0.39 is 0 Å². The molecule has 0 aliphatic rings. The van der Waals surface area contributed by atoms with Gasteiger partial charge in [-0.3, -0.25) is 5.10 Å². The molecule has 2 aromatic heterocycles. The van der Waals surface area contributed by atoms with Crippen LogP contribution in [0.1, 0.15) is 32.2 Å². The summed E-state index contributed by atoms with van der Waals surface area (Å²) < 4.78 is 5.59. The molecule has 0 aromatic carbocycles. The SMILES string of the molecule is CCNC(CC)c1nnc(-c2cn[nH]c2)o1. The average Bonchev–Trinajstić information content (AvgIpc) is 2.95. The summed E-state index contributed by atoms with van der Waals surface area (Å²) >= 11 is 0. The van der Waals surface area contributed by atoms with Crippen LogP contribution in [-0.4, -0.2) is 26.9 Å². The molecule has 2 heterocycles. The molecule has 0 radical (unpaired) electrons. The fraction of sp³-hybridized carbons (Fsp3) is 0.500. The van der Waals surface area contributed by atoms with Crippen LogP contribution in [0.5, 0.6) is 0 Å². The second-order valence-electron chi connectivity index (χ2n) is 3.45. The minimum Gasteiger partial charge on any atom is -0.419 e. The molecule has 0 aliphatic heterocycles. The normalized spacial score (nSPS) is 12.9. The van der Waals surface area contributed by atoms with E-state index in [9.17, 15) is 0 Å². The van der Waals surface area contributed by atoms with E-state index in [0.29, 0.717) is 11.8 Å². The highest BCUT2D eigenvalue weighted by Crippen LogP contribution is 2.20. The van der Waals surface area contributed by atoms with E-state index in [2.05, 4.69) is 39.6 Å². The van der Waals surface area contributed by atoms with Crippen LogP contribution in [-0.2, 0) is 0 Å². The number of H-pyrrole nitrogens is 1. The van der Waals surface area contributed by atoms with Gasteiger partial charge >= 0.3 is 0 Å². The molecule has 16 heavy (non-hydrogen) atoms. The standard InChI is InChI=1S/C10H15N5O/c1-3-8(11-4-2)10-15-14-9(16-10)7-5-12-13-6-7/h5-6,8,11H,3-4H2,1-2H3,(H,12,13). The molecule has 6 heteroatoms. The maximum Gasteiger partial charge on any atom is 0.250 e. The number of rotatable bonds is 5. The van der Waals surface area contributed by atoms with Crippen molar-refractivity contribution in [3.05, 3.63) is 18.3 Å². The number of hydrogen-bond acceptors (Lipinski definition) is 5. The fourth-order valence-corrected chi connectivity index (χ4v) is 1.51. The molecular formula is C10H15N5O. The largest absolute Gasteiger partial charge is 0.419 e. The van der Waals surface area contributed by atoms with Crippen LogP contribution in [0.4, 0.5) is 0 Å². The summed E-state index contributed by atoms with van der Waals surface area (Å²) in [5.41, 5.74) is 0.810. The molecule has 2 rings (SSSR count). The summed E-state index contributed by atoms with van der Waals surface area (Å²) in [6, 6.07) is 0.123. The highest BCUT2D eigenvalue weighted by Gasteiger charge is 2.16. The van der Waals surface area contributed by atoms with E-state index >= 15 is 0 Å². The minimum atomic E-state index is 0.123. The highest BCUT2D eigenvalue weighted by atomic mass is 16.4. The van der Waals surface area contributed by atoms with Crippen LogP contribution in [0, 0.1) is 0 Å². The molecule has 1 unspecified atom stereocenters. The number of nitrogens with one attached hydrogen (secondary N) is 2. The Balaban J connectivity index is 2.18. The molecule has 0 spiro atoms. The predicted molar refractivity (Wildman–Crippen MR) is 58.6 cm³/mol. The fourth-order valence-electron chi connectivity index (χ4n) is 1.51. The Hall–Kier alpha value is -1.69. The van der Waals surface area contributed by atoms with Gasteiger partial charge < -0.3 is 9.73 Å². The lowest BCUT2D eigenvalue weighted by atomic mass is 10.2. The van der Waals surface area contributed by atoms with Crippen molar-refractivity contribution in [3.63, 3.8) is 0 Å². The number of hydrogen-bond donors (Lipinski definition) is 2. The maximum atomic E-state index is 5.59. The van der Waals surface area contributed by atoms with Gasteiger partial charge in [0.25, 0.3) is 5.89 Å². The number of aromatic amines is 1. The van der Waals surface area contributed by atoms with E-state index in [-0.39, 0.29) is 6.04 Å². The Kier molecular flexibility index (Phi) is 3.31. The molecular weight excluding hydrogens is 206 g/mol. The third-order valence-corrected chi connectivity index (χ3v) is 2.34. The Morgan fingerprint density at radius 1 is 1.44 bits per heavy atom. The Morgan fingerprint density at radius 3 is 2.94 bits per heavy atom. The molecule has 86 valence electrons. The summed E-state index contributed by atoms with van der Waals surface area (Å²) in [6.07, 6.45) is 4.30. The van der Waals surface area contributed by atoms with E-state index in [1.807, 2.05) is 0 Å². The van der Waals surface area contributed by atoms with Crippen molar-refractivity contribution in [2.75, 3.05) is 6.54 Å². The van der Waals surface area contributed by atoms with E-state index in [4.69, 9.17) is 4.42 Å². The zero-order valence-corrected chi connectivity index (χ0v) is 9.40. The van der Waals surface area contributed by atoms with E-state index in [1.54, 1.807) is 12.4 Å². The van der Waals surface area contributed by atoms with Gasteiger partial charge in [-0.2, -0.15) is 5.10 Å². The Bertz CT molecular complexity index is 422. The predicted octanol–water partition coefficient (Wildman–Crippen LogP) is 1.52. The van der Waals surface area contributed by atoms with Crippen molar-refractivity contribution in [2.24, 2.45) is 0 Å². The van der Waals surface area contributed by atoms with Crippen molar-refractivity contribution in [1.82, 2.24) is 25.7 Å². The topological polar surface area (TPSA) is 79.6 Å². The lowest BCUT2D eigenvalue weighted by Gasteiger charge is -2.09. The first kappa shape index (κ1) is 10.8. The monoisotopic (exact) mass is 221 g/mol. The Morgan fingerprint density at radius 2 is 2.31 bits per heavy atom. The molecule has 6 nitrogen and oxygen atoms in total. The van der Waals surface area contributed by atoms with Crippen LogP contribution in [0.3, 0.4) is 0 Å². The highest BCUT2D eigenvalue weighted by molar-refractivity contribution is 5.48. The summed E-state index contributed by atoms with van der Waals surface area (Å²) in [7, 11) is 0. The van der Waals surface area contributed by atoms with E-state index in [1.165, 1.54) is 0 Å². The molecule has 0 bridgehead atoms. The van der Waals surface area contributed by atoms with Gasteiger partial charge in [0.15, 0.2) is 0 Å². The van der Waals surface area contributed by atoms with Crippen LogP contribution in [0.25, 0.3) is 11.5 Å². The molecule has 2 aromatic rings. The van der Waals surface area contributed by atoms with Crippen molar-refractivity contribution >= 4 is 0 Å². The van der Waals surface area contributed by atoms with Gasteiger partial charge in [-0.15, -0.1) is 10.2 Å². The lowest BCUT2D eigenvalue weighted by molar-refractivity contribution is 0.402. The molecule has 2 N–H and O–H groups in total. The zero-order valence-electron chi connectivity index (χ0n) is 9.40. The molecule has 0 saturated heterocycles. The second-order valence-corrected chi connectivity index (χ2v) is 3.45. The van der Waals surface area contributed by atoms with Crippen LogP contribution in [0.15, 0.2) is 16.8 Å². The smallest absolute Gasteiger partial charge is 0.250 e. The summed E-state index contributed by atoms with van der Waals surface area (Å²) in [4.78, 5) is 0. The molecule has 0 aliphatic carbocycles. The van der Waals surface area contributed by atoms with Gasteiger partial charge in [0.05, 0.1) is 17.8 Å². The van der Waals surface area contributed by atoms with Gasteiger partial charge in [0, 0.05) is 6.20 Å². The first-order valence-electron chi connectivity index (χ1n) is 5.41. The zero-order chi connectivity index (χ0) is 11.4. The van der Waals surface area contributed by atoms with Crippen molar-refractivity contribution in [3.8, 4) is 11.5 Å². The van der Waals surface area contributed by atoms with Gasteiger partial charge in [-0.25, -0.2) is 0 Å². The first-order chi connectivity index (χ1) is 7.85. The minimum absolute atomic E-state index is 0.123. The molecule has 0 fully saturated rings. The van der Waals surface area contributed by atoms with Gasteiger partial charge in [0.2, 0.25) is 5.89 Å². The second kappa shape index (κ2) is 4.89. The van der Waals surface area contributed by atoms with Crippen molar-refractivity contribution in [1.29, 1.82) is 0 Å². The van der Waals surface area contributed by atoms with Gasteiger partial charge in [-0.1, -0.05) is 13.8 Å². The molecule has 0 amide bonds. The molecule has 0 saturated carbocycles. The quantitative estimate of drug-likeness (QED) is 0.800. The average molecular weight is 221 g/mol. The van der Waals surface area contributed by atoms with Crippen LogP contribution in [0.2, 0.25) is 0 Å². The van der Waals surface area contributed by atoms with E-state index in [0.717, 1.165) is 18.5 Å². The lowest BCUT2D eigenvalue weighted by Crippen LogP contribution is -2.20. The van der Waals surface area contributed by atoms with Crippen molar-refractivity contribution in [2.45, 2.75) is 26.3 Å².